The molecule has 76 valence electrons. The van der Waals surface area contributed by atoms with E-state index in [0.29, 0.717) is 5.56 Å². The van der Waals surface area contributed by atoms with E-state index in [0.717, 1.165) is 13.7 Å². The number of nitrogens with one attached hydrogen (secondary N) is 1. The summed E-state index contributed by atoms with van der Waals surface area (Å²) < 4.78 is 28.0. The van der Waals surface area contributed by atoms with E-state index >= 15 is 0 Å². The van der Waals surface area contributed by atoms with Crippen molar-refractivity contribution >= 4 is 44.2 Å². The molecule has 1 aromatic rings. The molecule has 1 N–H and O–H groups in total. The number of halogens is 4. The molecular weight excluding hydrogens is 367 g/mol. The van der Waals surface area contributed by atoms with Gasteiger partial charge in [-0.15, -0.1) is 0 Å². The minimum atomic E-state index is -2.63. The van der Waals surface area contributed by atoms with E-state index in [9.17, 15) is 8.78 Å². The SMILES string of the molecule is FC1(F)CNc2c(I)cc(Br)cc2C1. The van der Waals surface area contributed by atoms with Crippen LogP contribution in [0.2, 0.25) is 0 Å². The molecule has 0 aliphatic carbocycles. The molecule has 0 spiro atoms. The lowest BCUT2D eigenvalue weighted by Crippen LogP contribution is -2.34. The highest BCUT2D eigenvalue weighted by atomic mass is 127. The topological polar surface area (TPSA) is 12.0 Å². The molecule has 0 fully saturated rings. The highest BCUT2D eigenvalue weighted by Crippen LogP contribution is 2.35. The van der Waals surface area contributed by atoms with Gasteiger partial charge in [0.1, 0.15) is 0 Å². The lowest BCUT2D eigenvalue weighted by Gasteiger charge is -2.26. The summed E-state index contributed by atoms with van der Waals surface area (Å²) in [5.74, 6) is -2.63. The Morgan fingerprint density at radius 2 is 2.14 bits per heavy atom. The van der Waals surface area contributed by atoms with Crippen LogP contribution in [0.25, 0.3) is 0 Å². The smallest absolute Gasteiger partial charge is 0.269 e. The van der Waals surface area contributed by atoms with Crippen LogP contribution >= 0.6 is 38.5 Å². The maximum atomic E-state index is 13.1. The predicted molar refractivity (Wildman–Crippen MR) is 64.0 cm³/mol. The Morgan fingerprint density at radius 1 is 1.43 bits per heavy atom. The van der Waals surface area contributed by atoms with Gasteiger partial charge < -0.3 is 5.32 Å². The van der Waals surface area contributed by atoms with Crippen molar-refractivity contribution < 1.29 is 8.78 Å². The average Bonchev–Trinajstić information content (AvgIpc) is 2.00. The fourth-order valence-corrected chi connectivity index (χ4v) is 3.33. The van der Waals surface area contributed by atoms with Gasteiger partial charge in [-0.05, 0) is 40.3 Å². The number of rotatable bonds is 0. The molecule has 5 heteroatoms. The van der Waals surface area contributed by atoms with Gasteiger partial charge in [0.15, 0.2) is 0 Å². The molecule has 1 nitrogen and oxygen atoms in total. The second-order valence-corrected chi connectivity index (χ2v) is 5.39. The van der Waals surface area contributed by atoms with Gasteiger partial charge in [-0.3, -0.25) is 0 Å². The quantitative estimate of drug-likeness (QED) is 0.684. The van der Waals surface area contributed by atoms with Gasteiger partial charge in [0.05, 0.1) is 12.2 Å². The first-order valence-corrected chi connectivity index (χ1v) is 5.95. The largest absolute Gasteiger partial charge is 0.378 e. The van der Waals surface area contributed by atoms with Crippen LogP contribution in [-0.4, -0.2) is 12.5 Å². The number of fused-ring (bicyclic) bond motifs is 1. The molecule has 0 aromatic heterocycles. The van der Waals surface area contributed by atoms with Gasteiger partial charge in [0.25, 0.3) is 5.92 Å². The van der Waals surface area contributed by atoms with Crippen molar-refractivity contribution in [3.63, 3.8) is 0 Å². The second-order valence-electron chi connectivity index (χ2n) is 3.31. The van der Waals surface area contributed by atoms with Gasteiger partial charge in [-0.2, -0.15) is 0 Å². The number of alkyl halides is 2. The molecule has 0 amide bonds. The fraction of sp³-hybridized carbons (Fsp3) is 0.333. The molecule has 0 bridgehead atoms. The molecule has 1 heterocycles. The van der Waals surface area contributed by atoms with E-state index in [-0.39, 0.29) is 13.0 Å². The van der Waals surface area contributed by atoms with Crippen LogP contribution in [0.3, 0.4) is 0 Å². The van der Waals surface area contributed by atoms with Gasteiger partial charge >= 0.3 is 0 Å². The third kappa shape index (κ3) is 2.03. The minimum absolute atomic E-state index is 0.176. The van der Waals surface area contributed by atoms with Crippen LogP contribution in [0.4, 0.5) is 14.5 Å². The molecule has 0 saturated carbocycles. The van der Waals surface area contributed by atoms with Crippen LogP contribution in [0.15, 0.2) is 16.6 Å². The van der Waals surface area contributed by atoms with E-state index in [1.54, 1.807) is 6.07 Å². The highest BCUT2D eigenvalue weighted by Gasteiger charge is 2.34. The van der Waals surface area contributed by atoms with E-state index in [1.807, 2.05) is 6.07 Å². The standard InChI is InChI=1S/C9H7BrF2IN/c10-6-1-5-3-9(11,12)4-14-8(5)7(13)2-6/h1-2,14H,3-4H2. The molecule has 1 aliphatic rings. The van der Waals surface area contributed by atoms with E-state index in [2.05, 4.69) is 43.8 Å². The molecule has 0 saturated heterocycles. The highest BCUT2D eigenvalue weighted by molar-refractivity contribution is 14.1. The average molecular weight is 374 g/mol. The first kappa shape index (κ1) is 10.6. The summed E-state index contributed by atoms with van der Waals surface area (Å²) in [6, 6.07) is 3.66. The van der Waals surface area contributed by atoms with Crippen molar-refractivity contribution in [1.82, 2.24) is 0 Å². The van der Waals surface area contributed by atoms with Crippen molar-refractivity contribution in [1.29, 1.82) is 0 Å². The Hall–Kier alpha value is 0.0900. The van der Waals surface area contributed by atoms with E-state index in [1.165, 1.54) is 0 Å². The van der Waals surface area contributed by atoms with Gasteiger partial charge in [-0.1, -0.05) is 15.9 Å². The molecule has 0 unspecified atom stereocenters. The zero-order valence-corrected chi connectivity index (χ0v) is 10.8. The van der Waals surface area contributed by atoms with Crippen molar-refractivity contribution in [2.45, 2.75) is 12.3 Å². The molecule has 1 aliphatic heterocycles. The summed E-state index contributed by atoms with van der Waals surface area (Å²) in [5.41, 5.74) is 1.53. The normalized spacial score (nSPS) is 18.6. The van der Waals surface area contributed by atoms with Gasteiger partial charge in [0, 0.05) is 14.5 Å². The first-order chi connectivity index (χ1) is 6.48. The number of hydrogen-bond donors (Lipinski definition) is 1. The third-order valence-electron chi connectivity index (χ3n) is 2.11. The summed E-state index contributed by atoms with van der Waals surface area (Å²) in [6.07, 6.45) is -0.176. The Labute approximate surface area is 103 Å². The maximum absolute atomic E-state index is 13.1. The van der Waals surface area contributed by atoms with Crippen molar-refractivity contribution in [3.05, 3.63) is 25.7 Å². The summed E-state index contributed by atoms with van der Waals surface area (Å²) in [7, 11) is 0. The van der Waals surface area contributed by atoms with Crippen molar-refractivity contribution in [2.24, 2.45) is 0 Å². The monoisotopic (exact) mass is 373 g/mol. The van der Waals surface area contributed by atoms with Crippen LogP contribution in [0.1, 0.15) is 5.56 Å². The summed E-state index contributed by atoms with van der Waals surface area (Å²) in [6.45, 7) is -0.266. The maximum Gasteiger partial charge on any atom is 0.269 e. The fourth-order valence-electron chi connectivity index (χ4n) is 1.52. The van der Waals surface area contributed by atoms with Crippen LogP contribution in [0, 0.1) is 3.57 Å². The Bertz CT molecular complexity index is 381. The number of anilines is 1. The lowest BCUT2D eigenvalue weighted by molar-refractivity contribution is 0.0129. The van der Waals surface area contributed by atoms with Crippen molar-refractivity contribution in [2.75, 3.05) is 11.9 Å². The van der Waals surface area contributed by atoms with Crippen molar-refractivity contribution in [3.8, 4) is 0 Å². The summed E-state index contributed by atoms with van der Waals surface area (Å²) in [5, 5.41) is 2.77. The zero-order chi connectivity index (χ0) is 10.3. The molecule has 0 radical (unpaired) electrons. The lowest BCUT2D eigenvalue weighted by atomic mass is 10.0. The molecular formula is C9H7BrF2IN. The Balaban J connectivity index is 2.47. The molecule has 0 atom stereocenters. The van der Waals surface area contributed by atoms with Gasteiger partial charge in [-0.25, -0.2) is 8.78 Å². The Morgan fingerprint density at radius 3 is 2.86 bits per heavy atom. The molecule has 2 rings (SSSR count). The van der Waals surface area contributed by atoms with E-state index < -0.39 is 5.92 Å². The van der Waals surface area contributed by atoms with Crippen LogP contribution in [-0.2, 0) is 6.42 Å². The minimum Gasteiger partial charge on any atom is -0.378 e. The van der Waals surface area contributed by atoms with Crippen LogP contribution < -0.4 is 5.32 Å². The zero-order valence-electron chi connectivity index (χ0n) is 7.08. The van der Waals surface area contributed by atoms with Gasteiger partial charge in [0.2, 0.25) is 0 Å². The molecule has 14 heavy (non-hydrogen) atoms. The summed E-state index contributed by atoms with van der Waals surface area (Å²) in [4.78, 5) is 0. The number of hydrogen-bond acceptors (Lipinski definition) is 1. The van der Waals surface area contributed by atoms with Crippen LogP contribution in [0.5, 0.6) is 0 Å². The second kappa shape index (κ2) is 3.59. The molecule has 1 aromatic carbocycles. The third-order valence-corrected chi connectivity index (χ3v) is 3.42. The van der Waals surface area contributed by atoms with E-state index in [4.69, 9.17) is 0 Å². The first-order valence-electron chi connectivity index (χ1n) is 4.07. The predicted octanol–water partition coefficient (Wildman–Crippen LogP) is 3.66. The Kier molecular flexibility index (Phi) is 2.72. The number of benzene rings is 1. The summed E-state index contributed by atoms with van der Waals surface area (Å²) >= 11 is 5.44.